The molecule has 1 aliphatic rings. The third-order valence-corrected chi connectivity index (χ3v) is 6.28. The first-order chi connectivity index (χ1) is 13.8. The van der Waals surface area contributed by atoms with Crippen LogP contribution in [0, 0.1) is 13.8 Å². The summed E-state index contributed by atoms with van der Waals surface area (Å²) >= 11 is 0. The number of pyridine rings is 1. The van der Waals surface area contributed by atoms with Gasteiger partial charge in [-0.2, -0.15) is 0 Å². The zero-order valence-electron chi connectivity index (χ0n) is 16.9. The second-order valence-electron chi connectivity index (χ2n) is 7.07. The third-order valence-electron chi connectivity index (χ3n) is 4.74. The Morgan fingerprint density at radius 2 is 1.93 bits per heavy atom. The predicted molar refractivity (Wildman–Crippen MR) is 114 cm³/mol. The first kappa shape index (κ1) is 21.1. The lowest BCUT2D eigenvalue weighted by molar-refractivity contribution is 0.0956. The van der Waals surface area contributed by atoms with Gasteiger partial charge in [0, 0.05) is 32.7 Å². The summed E-state index contributed by atoms with van der Waals surface area (Å²) in [5.41, 5.74) is 2.26. The summed E-state index contributed by atoms with van der Waals surface area (Å²) in [5.74, 6) is 0.285. The first-order valence-corrected chi connectivity index (χ1v) is 11.1. The Kier molecular flexibility index (Phi) is 6.39. The molecule has 0 unspecified atom stereocenters. The van der Waals surface area contributed by atoms with E-state index in [1.807, 2.05) is 24.8 Å². The Balaban J connectivity index is 1.95. The molecule has 0 radical (unpaired) electrons. The SMILES string of the molecule is CCNC(=O)c1cc(NS(=O)(=O)c2ccc(C)cc2C)cnc1N1CCNCC1. The van der Waals surface area contributed by atoms with E-state index in [1.165, 1.54) is 6.20 Å². The smallest absolute Gasteiger partial charge is 0.262 e. The monoisotopic (exact) mass is 417 g/mol. The van der Waals surface area contributed by atoms with Gasteiger partial charge in [-0.3, -0.25) is 9.52 Å². The van der Waals surface area contributed by atoms with Crippen molar-refractivity contribution in [1.82, 2.24) is 15.6 Å². The van der Waals surface area contributed by atoms with Crippen molar-refractivity contribution in [2.24, 2.45) is 0 Å². The maximum atomic E-state index is 12.9. The van der Waals surface area contributed by atoms with Gasteiger partial charge in [-0.1, -0.05) is 17.7 Å². The van der Waals surface area contributed by atoms with E-state index < -0.39 is 10.0 Å². The summed E-state index contributed by atoms with van der Waals surface area (Å²) < 4.78 is 28.3. The quantitative estimate of drug-likeness (QED) is 0.661. The molecule has 8 nitrogen and oxygen atoms in total. The first-order valence-electron chi connectivity index (χ1n) is 9.66. The van der Waals surface area contributed by atoms with Crippen LogP contribution >= 0.6 is 0 Å². The van der Waals surface area contributed by atoms with Crippen molar-refractivity contribution in [2.75, 3.05) is 42.3 Å². The van der Waals surface area contributed by atoms with Crippen molar-refractivity contribution in [1.29, 1.82) is 0 Å². The molecule has 0 saturated carbocycles. The fraction of sp³-hybridized carbons (Fsp3) is 0.400. The predicted octanol–water partition coefficient (Wildman–Crippen LogP) is 1.66. The molecule has 0 atom stereocenters. The molecule has 1 aliphatic heterocycles. The number of carbonyl (C=O) groups excluding carboxylic acids is 1. The van der Waals surface area contributed by atoms with E-state index in [4.69, 9.17) is 0 Å². The number of sulfonamides is 1. The van der Waals surface area contributed by atoms with Crippen LogP contribution in [-0.2, 0) is 10.0 Å². The molecule has 156 valence electrons. The molecule has 9 heteroatoms. The Morgan fingerprint density at radius 3 is 2.59 bits per heavy atom. The van der Waals surface area contributed by atoms with Crippen LogP contribution in [0.3, 0.4) is 0 Å². The fourth-order valence-electron chi connectivity index (χ4n) is 3.38. The molecular weight excluding hydrogens is 390 g/mol. The van der Waals surface area contributed by atoms with Crippen molar-refractivity contribution < 1.29 is 13.2 Å². The number of benzene rings is 1. The lowest BCUT2D eigenvalue weighted by Crippen LogP contribution is -2.44. The molecule has 2 heterocycles. The van der Waals surface area contributed by atoms with Gasteiger partial charge in [0.05, 0.1) is 22.3 Å². The number of amides is 1. The van der Waals surface area contributed by atoms with Gasteiger partial charge in [-0.15, -0.1) is 0 Å². The van der Waals surface area contributed by atoms with Crippen LogP contribution in [-0.4, -0.2) is 52.0 Å². The molecule has 3 rings (SSSR count). The lowest BCUT2D eigenvalue weighted by Gasteiger charge is -2.30. The molecule has 0 spiro atoms. The lowest BCUT2D eigenvalue weighted by atomic mass is 10.2. The number of hydrogen-bond acceptors (Lipinski definition) is 6. The van der Waals surface area contributed by atoms with E-state index >= 15 is 0 Å². The minimum atomic E-state index is -3.80. The normalized spacial score (nSPS) is 14.5. The minimum Gasteiger partial charge on any atom is -0.353 e. The number of nitrogens with zero attached hydrogens (tertiary/aromatic N) is 2. The van der Waals surface area contributed by atoms with Crippen LogP contribution in [0.2, 0.25) is 0 Å². The summed E-state index contributed by atoms with van der Waals surface area (Å²) in [4.78, 5) is 19.3. The molecular formula is C20H27N5O3S. The van der Waals surface area contributed by atoms with Crippen LogP contribution in [0.5, 0.6) is 0 Å². The van der Waals surface area contributed by atoms with Crippen LogP contribution in [0.15, 0.2) is 35.4 Å². The van der Waals surface area contributed by atoms with Crippen molar-refractivity contribution in [3.8, 4) is 0 Å². The average molecular weight is 418 g/mol. The number of anilines is 2. The van der Waals surface area contributed by atoms with Gasteiger partial charge < -0.3 is 15.5 Å². The van der Waals surface area contributed by atoms with E-state index in [9.17, 15) is 13.2 Å². The molecule has 1 saturated heterocycles. The van der Waals surface area contributed by atoms with E-state index in [-0.39, 0.29) is 16.5 Å². The van der Waals surface area contributed by atoms with E-state index in [0.29, 0.717) is 23.5 Å². The number of hydrogen-bond donors (Lipinski definition) is 3. The zero-order valence-corrected chi connectivity index (χ0v) is 17.8. The molecule has 29 heavy (non-hydrogen) atoms. The Morgan fingerprint density at radius 1 is 1.21 bits per heavy atom. The largest absolute Gasteiger partial charge is 0.353 e. The maximum Gasteiger partial charge on any atom is 0.262 e. The minimum absolute atomic E-state index is 0.203. The second-order valence-corrected chi connectivity index (χ2v) is 8.72. The molecule has 0 aliphatic carbocycles. The van der Waals surface area contributed by atoms with Crippen molar-refractivity contribution in [2.45, 2.75) is 25.7 Å². The van der Waals surface area contributed by atoms with Gasteiger partial charge in [-0.25, -0.2) is 13.4 Å². The summed E-state index contributed by atoms with van der Waals surface area (Å²) in [6.45, 7) is 9.04. The second kappa shape index (κ2) is 8.79. The highest BCUT2D eigenvalue weighted by atomic mass is 32.2. The van der Waals surface area contributed by atoms with Gasteiger partial charge in [0.1, 0.15) is 5.82 Å². The highest BCUT2D eigenvalue weighted by Crippen LogP contribution is 2.25. The molecule has 1 fully saturated rings. The van der Waals surface area contributed by atoms with Gasteiger partial charge in [0.2, 0.25) is 0 Å². The highest BCUT2D eigenvalue weighted by molar-refractivity contribution is 7.92. The Hall–Kier alpha value is -2.65. The van der Waals surface area contributed by atoms with Crippen LogP contribution in [0.1, 0.15) is 28.4 Å². The number of aromatic nitrogens is 1. The van der Waals surface area contributed by atoms with Crippen LogP contribution in [0.4, 0.5) is 11.5 Å². The number of aryl methyl sites for hydroxylation is 2. The van der Waals surface area contributed by atoms with Gasteiger partial charge in [0.25, 0.3) is 15.9 Å². The molecule has 0 bridgehead atoms. The van der Waals surface area contributed by atoms with Crippen LogP contribution < -0.4 is 20.3 Å². The molecule has 3 N–H and O–H groups in total. The number of piperazine rings is 1. The van der Waals surface area contributed by atoms with Crippen molar-refractivity contribution in [3.05, 3.63) is 47.2 Å². The van der Waals surface area contributed by atoms with E-state index in [2.05, 4.69) is 20.3 Å². The fourth-order valence-corrected chi connectivity index (χ4v) is 4.64. The van der Waals surface area contributed by atoms with Gasteiger partial charge in [-0.05, 0) is 38.5 Å². The average Bonchev–Trinajstić information content (AvgIpc) is 2.68. The van der Waals surface area contributed by atoms with Crippen molar-refractivity contribution in [3.63, 3.8) is 0 Å². The summed E-state index contributed by atoms with van der Waals surface area (Å²) in [6.07, 6.45) is 1.46. The third kappa shape index (κ3) is 4.86. The Labute approximate surface area is 171 Å². The summed E-state index contributed by atoms with van der Waals surface area (Å²) in [5, 5.41) is 6.05. The number of carbonyl (C=O) groups is 1. The highest BCUT2D eigenvalue weighted by Gasteiger charge is 2.22. The number of nitrogens with one attached hydrogen (secondary N) is 3. The topological polar surface area (TPSA) is 103 Å². The maximum absolute atomic E-state index is 12.9. The van der Waals surface area contributed by atoms with E-state index in [1.54, 1.807) is 25.1 Å². The standard InChI is InChI=1S/C20H27N5O3S/c1-4-22-20(26)17-12-16(13-23-19(17)25-9-7-21-8-10-25)24-29(27,28)18-6-5-14(2)11-15(18)3/h5-6,11-13,21,24H,4,7-10H2,1-3H3,(H,22,26). The summed E-state index contributed by atoms with van der Waals surface area (Å²) in [6, 6.07) is 6.71. The van der Waals surface area contributed by atoms with Gasteiger partial charge in [0.15, 0.2) is 0 Å². The zero-order chi connectivity index (χ0) is 21.0. The molecule has 1 aromatic heterocycles. The number of rotatable bonds is 6. The molecule has 2 aromatic rings. The van der Waals surface area contributed by atoms with E-state index in [0.717, 1.165) is 31.7 Å². The van der Waals surface area contributed by atoms with Crippen LogP contribution in [0.25, 0.3) is 0 Å². The summed E-state index contributed by atoms with van der Waals surface area (Å²) in [7, 11) is -3.80. The van der Waals surface area contributed by atoms with Crippen molar-refractivity contribution >= 4 is 27.4 Å². The molecule has 1 aromatic carbocycles. The Bertz CT molecular complexity index is 1000. The van der Waals surface area contributed by atoms with Gasteiger partial charge >= 0.3 is 0 Å². The molecule has 1 amide bonds.